The molecule has 3 aromatic heterocycles. The van der Waals surface area contributed by atoms with Crippen LogP contribution in [0.25, 0.3) is 11.0 Å². The lowest BCUT2D eigenvalue weighted by molar-refractivity contribution is 0.0884. The van der Waals surface area contributed by atoms with Crippen molar-refractivity contribution in [3.05, 3.63) is 65.6 Å². The number of pyridine rings is 1. The standard InChI is InChI=1S/C22H24N6O2/c1-15-13-16(2)25-22-20(15)21(23-14-17-5-7-18(30-3)8-6-17)26-28(22)19(29)9-12-27-11-4-10-24-27/h4-8,10-11,13H,9,12,14H2,1-3H3,(H,23,26). The third kappa shape index (κ3) is 4.03. The van der Waals surface area contributed by atoms with Crippen LogP contribution in [0.1, 0.15) is 28.0 Å². The number of methoxy groups -OCH3 is 1. The van der Waals surface area contributed by atoms with Crippen molar-refractivity contribution >= 4 is 22.8 Å². The maximum atomic E-state index is 12.9. The van der Waals surface area contributed by atoms with Gasteiger partial charge >= 0.3 is 0 Å². The summed E-state index contributed by atoms with van der Waals surface area (Å²) in [5.74, 6) is 1.34. The van der Waals surface area contributed by atoms with Gasteiger partial charge in [0.2, 0.25) is 0 Å². The van der Waals surface area contributed by atoms with Gasteiger partial charge in [-0.25, -0.2) is 4.98 Å². The van der Waals surface area contributed by atoms with Gasteiger partial charge in [0.15, 0.2) is 11.5 Å². The first-order valence-corrected chi connectivity index (χ1v) is 9.79. The Bertz CT molecular complexity index is 1160. The van der Waals surface area contributed by atoms with Crippen LogP contribution in [-0.4, -0.2) is 37.6 Å². The summed E-state index contributed by atoms with van der Waals surface area (Å²) in [4.78, 5) is 17.5. The lowest BCUT2D eigenvalue weighted by Crippen LogP contribution is -2.16. The summed E-state index contributed by atoms with van der Waals surface area (Å²) < 4.78 is 8.35. The predicted octanol–water partition coefficient (Wildman–Crippen LogP) is 3.60. The highest BCUT2D eigenvalue weighted by Crippen LogP contribution is 2.27. The number of ether oxygens (including phenoxy) is 1. The molecule has 8 heteroatoms. The Hall–Kier alpha value is -3.68. The number of fused-ring (bicyclic) bond motifs is 1. The summed E-state index contributed by atoms with van der Waals surface area (Å²) >= 11 is 0. The summed E-state index contributed by atoms with van der Waals surface area (Å²) in [6.07, 6.45) is 3.82. The Kier molecular flexibility index (Phi) is 5.47. The molecule has 0 unspecified atom stereocenters. The topological polar surface area (TPSA) is 86.9 Å². The van der Waals surface area contributed by atoms with Crippen molar-refractivity contribution in [3.63, 3.8) is 0 Å². The molecule has 0 amide bonds. The number of nitrogens with one attached hydrogen (secondary N) is 1. The second-order valence-electron chi connectivity index (χ2n) is 7.15. The van der Waals surface area contributed by atoms with Gasteiger partial charge in [-0.1, -0.05) is 12.1 Å². The molecular weight excluding hydrogens is 380 g/mol. The largest absolute Gasteiger partial charge is 0.497 e. The predicted molar refractivity (Wildman–Crippen MR) is 115 cm³/mol. The molecule has 0 radical (unpaired) electrons. The zero-order valence-corrected chi connectivity index (χ0v) is 17.3. The fourth-order valence-electron chi connectivity index (χ4n) is 3.44. The van der Waals surface area contributed by atoms with Gasteiger partial charge < -0.3 is 10.1 Å². The lowest BCUT2D eigenvalue weighted by atomic mass is 10.1. The van der Waals surface area contributed by atoms with Gasteiger partial charge in [0, 0.05) is 37.6 Å². The van der Waals surface area contributed by atoms with E-state index in [-0.39, 0.29) is 12.3 Å². The van der Waals surface area contributed by atoms with E-state index in [0.29, 0.717) is 24.6 Å². The van der Waals surface area contributed by atoms with Crippen molar-refractivity contribution in [2.24, 2.45) is 0 Å². The van der Waals surface area contributed by atoms with Gasteiger partial charge in [0.25, 0.3) is 5.91 Å². The number of benzene rings is 1. The third-order valence-corrected chi connectivity index (χ3v) is 4.93. The lowest BCUT2D eigenvalue weighted by Gasteiger charge is -2.06. The molecule has 0 saturated heterocycles. The van der Waals surface area contributed by atoms with E-state index in [1.165, 1.54) is 4.68 Å². The maximum absolute atomic E-state index is 12.9. The monoisotopic (exact) mass is 404 g/mol. The minimum atomic E-state index is -0.120. The fraction of sp³-hybridized carbons (Fsp3) is 0.273. The summed E-state index contributed by atoms with van der Waals surface area (Å²) in [6, 6.07) is 11.7. The van der Waals surface area contributed by atoms with Crippen molar-refractivity contribution < 1.29 is 9.53 Å². The van der Waals surface area contributed by atoms with Gasteiger partial charge in [0.05, 0.1) is 12.5 Å². The molecule has 0 fully saturated rings. The average Bonchev–Trinajstić information content (AvgIpc) is 3.39. The van der Waals surface area contributed by atoms with Crippen LogP contribution < -0.4 is 10.1 Å². The van der Waals surface area contributed by atoms with Gasteiger partial charge in [-0.2, -0.15) is 9.78 Å². The number of anilines is 1. The van der Waals surface area contributed by atoms with Crippen molar-refractivity contribution in [3.8, 4) is 5.75 Å². The van der Waals surface area contributed by atoms with E-state index < -0.39 is 0 Å². The number of hydrogen-bond donors (Lipinski definition) is 1. The molecule has 1 N–H and O–H groups in total. The number of aryl methyl sites for hydroxylation is 3. The van der Waals surface area contributed by atoms with Gasteiger partial charge in [0.1, 0.15) is 5.75 Å². The van der Waals surface area contributed by atoms with Crippen molar-refractivity contribution in [1.29, 1.82) is 0 Å². The van der Waals surface area contributed by atoms with Crippen LogP contribution in [0, 0.1) is 13.8 Å². The number of aromatic nitrogens is 5. The summed E-state index contributed by atoms with van der Waals surface area (Å²) in [6.45, 7) is 5.00. The highest BCUT2D eigenvalue weighted by Gasteiger charge is 2.19. The second kappa shape index (κ2) is 8.36. The van der Waals surface area contributed by atoms with E-state index in [1.54, 1.807) is 18.0 Å². The highest BCUT2D eigenvalue weighted by atomic mass is 16.5. The van der Waals surface area contributed by atoms with Gasteiger partial charge in [-0.15, -0.1) is 5.10 Å². The van der Waals surface area contributed by atoms with Crippen LogP contribution in [0.2, 0.25) is 0 Å². The number of carbonyl (C=O) groups is 1. The van der Waals surface area contributed by atoms with E-state index in [4.69, 9.17) is 4.74 Å². The first-order chi connectivity index (χ1) is 14.5. The molecule has 4 aromatic rings. The fourth-order valence-corrected chi connectivity index (χ4v) is 3.44. The SMILES string of the molecule is COc1ccc(CNc2nn(C(=O)CCn3cccn3)c3nc(C)cc(C)c23)cc1. The minimum Gasteiger partial charge on any atom is -0.497 e. The van der Waals surface area contributed by atoms with E-state index in [2.05, 4.69) is 20.5 Å². The van der Waals surface area contributed by atoms with Crippen LogP contribution in [0.5, 0.6) is 5.75 Å². The van der Waals surface area contributed by atoms with Crippen molar-refractivity contribution in [1.82, 2.24) is 24.5 Å². The highest BCUT2D eigenvalue weighted by molar-refractivity contribution is 5.97. The Morgan fingerprint density at radius 3 is 2.70 bits per heavy atom. The molecule has 1 aromatic carbocycles. The van der Waals surface area contributed by atoms with Crippen LogP contribution in [-0.2, 0) is 13.1 Å². The normalized spacial score (nSPS) is 11.0. The Balaban J connectivity index is 1.61. The molecular formula is C22H24N6O2. The smallest absolute Gasteiger partial charge is 0.250 e. The van der Waals surface area contributed by atoms with E-state index >= 15 is 0 Å². The molecule has 4 rings (SSSR count). The summed E-state index contributed by atoms with van der Waals surface area (Å²) in [5, 5.41) is 13.0. The van der Waals surface area contributed by atoms with E-state index in [1.807, 2.05) is 56.4 Å². The second-order valence-corrected chi connectivity index (χ2v) is 7.15. The van der Waals surface area contributed by atoms with E-state index in [0.717, 1.165) is 28.0 Å². The summed E-state index contributed by atoms with van der Waals surface area (Å²) in [5.41, 5.74) is 3.54. The van der Waals surface area contributed by atoms with E-state index in [9.17, 15) is 4.79 Å². The molecule has 0 bridgehead atoms. The van der Waals surface area contributed by atoms with Gasteiger partial charge in [-0.3, -0.25) is 9.48 Å². The first-order valence-electron chi connectivity index (χ1n) is 9.79. The maximum Gasteiger partial charge on any atom is 0.250 e. The number of nitrogens with zero attached hydrogens (tertiary/aromatic N) is 5. The van der Waals surface area contributed by atoms with Crippen molar-refractivity contribution in [2.75, 3.05) is 12.4 Å². The zero-order valence-electron chi connectivity index (χ0n) is 17.3. The zero-order chi connectivity index (χ0) is 21.1. The quantitative estimate of drug-likeness (QED) is 0.506. The van der Waals surface area contributed by atoms with Crippen LogP contribution >= 0.6 is 0 Å². The number of rotatable bonds is 7. The van der Waals surface area contributed by atoms with Crippen LogP contribution in [0.4, 0.5) is 5.82 Å². The molecule has 154 valence electrons. The van der Waals surface area contributed by atoms with Gasteiger partial charge in [-0.05, 0) is 49.2 Å². The molecule has 0 saturated carbocycles. The molecule has 30 heavy (non-hydrogen) atoms. The molecule has 3 heterocycles. The Morgan fingerprint density at radius 1 is 1.20 bits per heavy atom. The molecule has 0 atom stereocenters. The summed E-state index contributed by atoms with van der Waals surface area (Å²) in [7, 11) is 1.65. The van der Waals surface area contributed by atoms with Crippen LogP contribution in [0.15, 0.2) is 48.8 Å². The first kappa shape index (κ1) is 19.6. The number of carbonyl (C=O) groups excluding carboxylic acids is 1. The average molecular weight is 404 g/mol. The minimum absolute atomic E-state index is 0.120. The third-order valence-electron chi connectivity index (χ3n) is 4.93. The van der Waals surface area contributed by atoms with Crippen LogP contribution in [0.3, 0.4) is 0 Å². The Morgan fingerprint density at radius 2 is 2.00 bits per heavy atom. The van der Waals surface area contributed by atoms with Crippen molar-refractivity contribution in [2.45, 2.75) is 33.4 Å². The molecule has 0 aliphatic rings. The molecule has 0 aliphatic carbocycles. The molecule has 0 aliphatic heterocycles. The molecule has 8 nitrogen and oxygen atoms in total. The molecule has 0 spiro atoms. The Labute approximate surface area is 174 Å². The number of hydrogen-bond acceptors (Lipinski definition) is 6.